The number of hydrogen-bond donors (Lipinski definition) is 0. The molecule has 4 heteroatoms. The lowest BCUT2D eigenvalue weighted by Crippen LogP contribution is -2.37. The van der Waals surface area contributed by atoms with E-state index in [-0.39, 0.29) is 11.3 Å². The predicted molar refractivity (Wildman–Crippen MR) is 103 cm³/mol. The highest BCUT2D eigenvalue weighted by Crippen LogP contribution is 2.23. The molecule has 2 aromatic carbocycles. The molecule has 0 bridgehead atoms. The van der Waals surface area contributed by atoms with Gasteiger partial charge in [-0.1, -0.05) is 57.2 Å². The molecule has 2 aromatic rings. The maximum atomic E-state index is 12.6. The molecule has 0 heterocycles. The van der Waals surface area contributed by atoms with Crippen LogP contribution >= 0.6 is 0 Å². The van der Waals surface area contributed by atoms with Crippen LogP contribution in [0.2, 0.25) is 0 Å². The van der Waals surface area contributed by atoms with Gasteiger partial charge >= 0.3 is 0 Å². The molecule has 0 aliphatic carbocycles. The van der Waals surface area contributed by atoms with Gasteiger partial charge in [-0.2, -0.15) is 5.26 Å². The second-order valence-corrected chi connectivity index (χ2v) is 7.51. The van der Waals surface area contributed by atoms with Gasteiger partial charge in [0.1, 0.15) is 11.8 Å². The minimum Gasteiger partial charge on any atom is -0.480 e. The molecule has 0 radical (unpaired) electrons. The Bertz CT molecular complexity index is 798. The smallest absolute Gasteiger partial charge is 0.263 e. The summed E-state index contributed by atoms with van der Waals surface area (Å²) in [5.41, 5.74) is 2.86. The van der Waals surface area contributed by atoms with Crippen molar-refractivity contribution in [2.24, 2.45) is 0 Å². The molecule has 0 saturated carbocycles. The van der Waals surface area contributed by atoms with Crippen molar-refractivity contribution >= 4 is 5.91 Å². The first kappa shape index (κ1) is 19.5. The minimum atomic E-state index is -0.664. The zero-order valence-corrected chi connectivity index (χ0v) is 16.1. The number of carbonyl (C=O) groups excluding carboxylic acids is 1. The Morgan fingerprint density at radius 2 is 1.77 bits per heavy atom. The Balaban J connectivity index is 2.01. The maximum Gasteiger partial charge on any atom is 0.263 e. The summed E-state index contributed by atoms with van der Waals surface area (Å²) >= 11 is 0. The number of para-hydroxylation sites is 1. The van der Waals surface area contributed by atoms with Crippen LogP contribution in [0.5, 0.6) is 5.75 Å². The van der Waals surface area contributed by atoms with Crippen LogP contribution < -0.4 is 4.74 Å². The maximum absolute atomic E-state index is 12.6. The largest absolute Gasteiger partial charge is 0.480 e. The highest BCUT2D eigenvalue weighted by Gasteiger charge is 2.21. The second kappa shape index (κ2) is 8.05. The van der Waals surface area contributed by atoms with Crippen molar-refractivity contribution in [2.45, 2.75) is 45.8 Å². The van der Waals surface area contributed by atoms with E-state index in [1.807, 2.05) is 0 Å². The van der Waals surface area contributed by atoms with E-state index < -0.39 is 6.10 Å². The van der Waals surface area contributed by atoms with Crippen molar-refractivity contribution in [3.05, 3.63) is 65.2 Å². The minimum absolute atomic E-state index is 0.108. The Morgan fingerprint density at radius 3 is 2.35 bits per heavy atom. The van der Waals surface area contributed by atoms with Crippen LogP contribution in [0.1, 0.15) is 44.4 Å². The predicted octanol–water partition coefficient (Wildman–Crippen LogP) is 4.28. The lowest BCUT2D eigenvalue weighted by Gasteiger charge is -2.23. The van der Waals surface area contributed by atoms with Gasteiger partial charge in [-0.15, -0.1) is 0 Å². The van der Waals surface area contributed by atoms with Gasteiger partial charge in [0.2, 0.25) is 0 Å². The summed E-state index contributed by atoms with van der Waals surface area (Å²) in [5.74, 6) is 0.302. The van der Waals surface area contributed by atoms with Crippen LogP contribution in [0.4, 0.5) is 0 Å². The van der Waals surface area contributed by atoms with Gasteiger partial charge in [0.15, 0.2) is 6.10 Å². The fourth-order valence-electron chi connectivity index (χ4n) is 2.67. The summed E-state index contributed by atoms with van der Waals surface area (Å²) in [6, 6.07) is 17.3. The van der Waals surface area contributed by atoms with Crippen molar-refractivity contribution in [1.82, 2.24) is 4.90 Å². The van der Waals surface area contributed by atoms with Crippen LogP contribution in [0.15, 0.2) is 48.5 Å². The lowest BCUT2D eigenvalue weighted by atomic mass is 9.87. The van der Waals surface area contributed by atoms with Crippen molar-refractivity contribution in [3.63, 3.8) is 0 Å². The zero-order chi connectivity index (χ0) is 19.3. The van der Waals surface area contributed by atoms with E-state index in [0.717, 1.165) is 5.56 Å². The van der Waals surface area contributed by atoms with Gasteiger partial charge < -0.3 is 9.64 Å². The number of rotatable bonds is 5. The SMILES string of the molecule is CC(Oc1ccccc1C#N)C(=O)N(C)Cc1ccc(C(C)(C)C)cc1. The first-order chi connectivity index (χ1) is 12.2. The van der Waals surface area contributed by atoms with E-state index in [1.165, 1.54) is 5.56 Å². The van der Waals surface area contributed by atoms with Gasteiger partial charge in [-0.3, -0.25) is 4.79 Å². The molecule has 1 atom stereocenters. The third-order valence-electron chi connectivity index (χ3n) is 4.27. The number of nitrogens with zero attached hydrogens (tertiary/aromatic N) is 2. The van der Waals surface area contributed by atoms with Gasteiger partial charge in [0, 0.05) is 13.6 Å². The average molecular weight is 350 g/mol. The highest BCUT2D eigenvalue weighted by atomic mass is 16.5. The molecule has 2 rings (SSSR count). The molecule has 1 unspecified atom stereocenters. The van der Waals surface area contributed by atoms with Gasteiger partial charge in [-0.05, 0) is 35.6 Å². The second-order valence-electron chi connectivity index (χ2n) is 7.51. The molecule has 0 aliphatic rings. The number of amides is 1. The van der Waals surface area contributed by atoms with E-state index in [1.54, 1.807) is 43.1 Å². The molecule has 136 valence electrons. The molecular formula is C22H26N2O2. The Morgan fingerprint density at radius 1 is 1.15 bits per heavy atom. The summed E-state index contributed by atoms with van der Waals surface area (Å²) in [6.07, 6.45) is -0.664. The fraction of sp³-hybridized carbons (Fsp3) is 0.364. The standard InChI is InChI=1S/C22H26N2O2/c1-16(26-20-9-7-6-8-18(20)14-23)21(25)24(5)15-17-10-12-19(13-11-17)22(2,3)4/h6-13,16H,15H2,1-5H3. The molecule has 0 aromatic heterocycles. The van der Waals surface area contributed by atoms with Crippen LogP contribution in [0.25, 0.3) is 0 Å². The first-order valence-electron chi connectivity index (χ1n) is 8.72. The van der Waals surface area contributed by atoms with E-state index in [4.69, 9.17) is 10.00 Å². The molecular weight excluding hydrogens is 324 g/mol. The molecule has 0 N–H and O–H groups in total. The molecule has 0 spiro atoms. The average Bonchev–Trinajstić information content (AvgIpc) is 2.61. The number of carbonyl (C=O) groups is 1. The van der Waals surface area contributed by atoms with Crippen LogP contribution in [-0.2, 0) is 16.8 Å². The number of benzene rings is 2. The molecule has 0 aliphatic heterocycles. The van der Waals surface area contributed by atoms with Gasteiger partial charge in [0.25, 0.3) is 5.91 Å². The van der Waals surface area contributed by atoms with Crippen molar-refractivity contribution in [1.29, 1.82) is 5.26 Å². The summed E-state index contributed by atoms with van der Waals surface area (Å²) in [7, 11) is 1.76. The molecule has 4 nitrogen and oxygen atoms in total. The molecule has 26 heavy (non-hydrogen) atoms. The number of likely N-dealkylation sites (N-methyl/N-ethyl adjacent to an activating group) is 1. The van der Waals surface area contributed by atoms with Crippen LogP contribution in [0.3, 0.4) is 0 Å². The number of nitriles is 1. The van der Waals surface area contributed by atoms with Gasteiger partial charge in [0.05, 0.1) is 5.56 Å². The third kappa shape index (κ3) is 4.86. The van der Waals surface area contributed by atoms with Crippen molar-refractivity contribution < 1.29 is 9.53 Å². The summed E-state index contributed by atoms with van der Waals surface area (Å²) in [6.45, 7) is 8.74. The van der Waals surface area contributed by atoms with E-state index in [9.17, 15) is 4.79 Å². The highest BCUT2D eigenvalue weighted by molar-refractivity contribution is 5.80. The summed E-state index contributed by atoms with van der Waals surface area (Å²) in [5, 5.41) is 9.13. The van der Waals surface area contributed by atoms with Crippen molar-refractivity contribution in [3.8, 4) is 11.8 Å². The van der Waals surface area contributed by atoms with Crippen LogP contribution in [0, 0.1) is 11.3 Å². The van der Waals surface area contributed by atoms with Crippen LogP contribution in [-0.4, -0.2) is 24.0 Å². The van der Waals surface area contributed by atoms with E-state index in [0.29, 0.717) is 17.9 Å². The quantitative estimate of drug-likeness (QED) is 0.809. The van der Waals surface area contributed by atoms with E-state index in [2.05, 4.69) is 51.1 Å². The fourth-order valence-corrected chi connectivity index (χ4v) is 2.67. The first-order valence-corrected chi connectivity index (χ1v) is 8.72. The molecule has 1 amide bonds. The Labute approximate surface area is 156 Å². The Hall–Kier alpha value is -2.80. The lowest BCUT2D eigenvalue weighted by molar-refractivity contribution is -0.137. The number of hydrogen-bond acceptors (Lipinski definition) is 3. The van der Waals surface area contributed by atoms with Crippen molar-refractivity contribution in [2.75, 3.05) is 7.05 Å². The topological polar surface area (TPSA) is 53.3 Å². The zero-order valence-electron chi connectivity index (χ0n) is 16.1. The van der Waals surface area contributed by atoms with E-state index >= 15 is 0 Å². The number of ether oxygens (including phenoxy) is 1. The monoisotopic (exact) mass is 350 g/mol. The summed E-state index contributed by atoms with van der Waals surface area (Å²) in [4.78, 5) is 14.2. The normalized spacial score (nSPS) is 12.2. The Kier molecular flexibility index (Phi) is 6.05. The summed E-state index contributed by atoms with van der Waals surface area (Å²) < 4.78 is 5.71. The molecule has 0 saturated heterocycles. The van der Waals surface area contributed by atoms with Gasteiger partial charge in [-0.25, -0.2) is 0 Å². The molecule has 0 fully saturated rings. The third-order valence-corrected chi connectivity index (χ3v) is 4.27.